The molecule has 1 amide bonds. The number of benzene rings is 1. The number of aromatic nitrogens is 2. The number of anilines is 2. The van der Waals surface area contributed by atoms with Gasteiger partial charge >= 0.3 is 18.3 Å². The molecule has 1 saturated heterocycles. The van der Waals surface area contributed by atoms with Crippen LogP contribution in [-0.2, 0) is 17.7 Å². The van der Waals surface area contributed by atoms with Gasteiger partial charge in [0, 0.05) is 42.9 Å². The van der Waals surface area contributed by atoms with Crippen molar-refractivity contribution >= 4 is 29.4 Å². The molecule has 1 N–H and O–H groups in total. The van der Waals surface area contributed by atoms with Gasteiger partial charge in [0.15, 0.2) is 6.61 Å². The Morgan fingerprint density at radius 1 is 1.39 bits per heavy atom. The lowest BCUT2D eigenvalue weighted by Gasteiger charge is -2.39. The van der Waals surface area contributed by atoms with Gasteiger partial charge in [-0.1, -0.05) is 16.7 Å². The second kappa shape index (κ2) is 10.3. The number of nitrogens with one attached hydrogen (secondary N) is 1. The number of nitrogens with zero attached hydrogens (tertiary/aromatic N) is 5. The summed E-state index contributed by atoms with van der Waals surface area (Å²) < 4.78 is 46.7. The molecular weight excluding hydrogens is 465 g/mol. The third kappa shape index (κ3) is 6.72. The molecule has 0 aliphatic carbocycles. The molecule has 0 spiro atoms. The van der Waals surface area contributed by atoms with Crippen LogP contribution in [0.3, 0.4) is 0 Å². The smallest absolute Gasteiger partial charge is 0.422 e. The Balaban J connectivity index is 1.64. The normalized spacial score (nSPS) is 17.0. The van der Waals surface area contributed by atoms with E-state index in [0.717, 1.165) is 11.1 Å². The van der Waals surface area contributed by atoms with Gasteiger partial charge in [0.25, 0.3) is 0 Å². The van der Waals surface area contributed by atoms with Crippen LogP contribution in [0.4, 0.5) is 29.7 Å². The van der Waals surface area contributed by atoms with Gasteiger partial charge in [0.1, 0.15) is 6.42 Å². The Labute approximate surface area is 193 Å². The number of piperazine rings is 1. The zero-order chi connectivity index (χ0) is 24.2. The number of hydrogen-bond acceptors (Lipinski definition) is 8. The van der Waals surface area contributed by atoms with E-state index >= 15 is 0 Å². The maximum atomic E-state index is 12.3. The Bertz CT molecular complexity index is 1040. The van der Waals surface area contributed by atoms with Gasteiger partial charge in [-0.25, -0.2) is 4.79 Å². The van der Waals surface area contributed by atoms with Crippen molar-refractivity contribution in [3.8, 4) is 6.07 Å². The number of carbonyl (C=O) groups excluding carboxylic acids is 1. The van der Waals surface area contributed by atoms with Crippen LogP contribution in [0.15, 0.2) is 16.5 Å². The van der Waals surface area contributed by atoms with Gasteiger partial charge in [0.2, 0.25) is 5.89 Å². The molecule has 0 bridgehead atoms. The summed E-state index contributed by atoms with van der Waals surface area (Å²) in [5.41, 5.74) is 2.47. The monoisotopic (exact) mass is 486 g/mol. The first-order valence-corrected chi connectivity index (χ1v) is 10.4. The minimum absolute atomic E-state index is 0.00235. The highest BCUT2D eigenvalue weighted by atomic mass is 35.5. The first kappa shape index (κ1) is 24.6. The fourth-order valence-corrected chi connectivity index (χ4v) is 3.74. The summed E-state index contributed by atoms with van der Waals surface area (Å²) in [6.45, 7) is 3.72. The van der Waals surface area contributed by atoms with E-state index in [1.807, 2.05) is 19.1 Å². The maximum absolute atomic E-state index is 12.3. The van der Waals surface area contributed by atoms with Gasteiger partial charge < -0.3 is 19.4 Å². The van der Waals surface area contributed by atoms with Gasteiger partial charge in [-0.15, -0.1) is 5.10 Å². The van der Waals surface area contributed by atoms with Gasteiger partial charge in [-0.3, -0.25) is 4.90 Å². The molecule has 2 heterocycles. The fraction of sp³-hybridized carbons (Fsp3) is 0.500. The summed E-state index contributed by atoms with van der Waals surface area (Å²) in [5, 5.41) is 19.9. The molecule has 0 radical (unpaired) electrons. The summed E-state index contributed by atoms with van der Waals surface area (Å²) in [4.78, 5) is 15.4. The van der Waals surface area contributed by atoms with Crippen molar-refractivity contribution in [3.63, 3.8) is 0 Å². The highest BCUT2D eigenvalue weighted by Gasteiger charge is 2.33. The second-order valence-corrected chi connectivity index (χ2v) is 8.08. The number of hydrogen-bond donors (Lipinski definition) is 1. The van der Waals surface area contributed by atoms with E-state index in [1.54, 1.807) is 13.0 Å². The Kier molecular flexibility index (Phi) is 7.65. The van der Waals surface area contributed by atoms with Crippen molar-refractivity contribution < 1.29 is 27.1 Å². The standard InChI is InChI=1S/C20H22ClF3N6O3/c1-12-9-29(5-6-30(12)19(31)32-11-20(22,23)24)10-14-7-15(21)8-16(13(14)2)26-18-28-27-17(33-18)3-4-25/h7-8,12H,3,5-6,9-11H2,1-2H3,(H,26,28)/t12-/m0/s1. The lowest BCUT2D eigenvalue weighted by molar-refractivity contribution is -0.163. The predicted molar refractivity (Wildman–Crippen MR) is 112 cm³/mol. The van der Waals surface area contributed by atoms with E-state index in [0.29, 0.717) is 30.3 Å². The average Bonchev–Trinajstić information content (AvgIpc) is 3.16. The molecular formula is C20H22ClF3N6O3. The van der Waals surface area contributed by atoms with E-state index in [9.17, 15) is 18.0 Å². The minimum Gasteiger partial charge on any atom is -0.440 e. The zero-order valence-corrected chi connectivity index (χ0v) is 18.7. The number of amides is 1. The predicted octanol–water partition coefficient (Wildman–Crippen LogP) is 4.05. The Morgan fingerprint density at radius 3 is 2.82 bits per heavy atom. The lowest BCUT2D eigenvalue weighted by atomic mass is 10.0. The van der Waals surface area contributed by atoms with Crippen molar-refractivity contribution in [2.45, 2.75) is 39.0 Å². The largest absolute Gasteiger partial charge is 0.440 e. The Hall–Kier alpha value is -3.04. The van der Waals surface area contributed by atoms with Crippen LogP contribution in [0.5, 0.6) is 0 Å². The van der Waals surface area contributed by atoms with Crippen molar-refractivity contribution in [1.82, 2.24) is 20.0 Å². The zero-order valence-electron chi connectivity index (χ0n) is 17.9. The first-order valence-electron chi connectivity index (χ1n) is 10.0. The molecule has 1 aliphatic heterocycles. The topological polar surface area (TPSA) is 108 Å². The molecule has 178 valence electrons. The number of alkyl halides is 3. The maximum Gasteiger partial charge on any atom is 0.422 e. The molecule has 0 unspecified atom stereocenters. The molecule has 1 atom stereocenters. The second-order valence-electron chi connectivity index (χ2n) is 7.65. The number of nitriles is 1. The van der Waals surface area contributed by atoms with Crippen LogP contribution in [-0.4, -0.2) is 64.5 Å². The molecule has 13 heteroatoms. The van der Waals surface area contributed by atoms with Gasteiger partial charge in [-0.05, 0) is 37.1 Å². The summed E-state index contributed by atoms with van der Waals surface area (Å²) in [6.07, 6.45) is -5.53. The van der Waals surface area contributed by atoms with E-state index in [1.165, 1.54) is 4.90 Å². The number of rotatable bonds is 6. The molecule has 9 nitrogen and oxygen atoms in total. The SMILES string of the molecule is Cc1c(CN2CCN(C(=O)OCC(F)(F)F)[C@@H](C)C2)cc(Cl)cc1Nc1nnc(CC#N)o1. The first-order chi connectivity index (χ1) is 15.6. The lowest BCUT2D eigenvalue weighted by Crippen LogP contribution is -2.54. The average molecular weight is 487 g/mol. The molecule has 33 heavy (non-hydrogen) atoms. The fourth-order valence-electron chi connectivity index (χ4n) is 3.50. The molecule has 2 aromatic rings. The molecule has 1 fully saturated rings. The van der Waals surface area contributed by atoms with Crippen molar-refractivity contribution in [2.75, 3.05) is 31.6 Å². The number of halogens is 4. The van der Waals surface area contributed by atoms with Crippen LogP contribution in [0.2, 0.25) is 5.02 Å². The summed E-state index contributed by atoms with van der Waals surface area (Å²) in [5.74, 6) is 0.195. The van der Waals surface area contributed by atoms with Gasteiger partial charge in [-0.2, -0.15) is 18.4 Å². The molecule has 3 rings (SSSR count). The van der Waals surface area contributed by atoms with E-state index < -0.39 is 18.9 Å². The highest BCUT2D eigenvalue weighted by molar-refractivity contribution is 6.31. The van der Waals surface area contributed by atoms with E-state index in [-0.39, 0.29) is 30.9 Å². The highest BCUT2D eigenvalue weighted by Crippen LogP contribution is 2.29. The van der Waals surface area contributed by atoms with E-state index in [2.05, 4.69) is 25.2 Å². The molecule has 1 aromatic carbocycles. The van der Waals surface area contributed by atoms with Crippen molar-refractivity contribution in [2.24, 2.45) is 0 Å². The van der Waals surface area contributed by atoms with Crippen LogP contribution in [0.1, 0.15) is 23.9 Å². The van der Waals surface area contributed by atoms with Crippen LogP contribution in [0, 0.1) is 18.3 Å². The molecule has 1 aromatic heterocycles. The molecule has 1 aliphatic rings. The third-order valence-electron chi connectivity index (χ3n) is 5.12. The summed E-state index contributed by atoms with van der Waals surface area (Å²) in [6, 6.07) is 5.28. The number of ether oxygens (including phenoxy) is 1. The number of carbonyl (C=O) groups is 1. The van der Waals surface area contributed by atoms with Crippen LogP contribution >= 0.6 is 11.6 Å². The van der Waals surface area contributed by atoms with Crippen LogP contribution in [0.25, 0.3) is 0 Å². The third-order valence-corrected chi connectivity index (χ3v) is 5.34. The van der Waals surface area contributed by atoms with Crippen molar-refractivity contribution in [3.05, 3.63) is 34.2 Å². The summed E-state index contributed by atoms with van der Waals surface area (Å²) in [7, 11) is 0. The quantitative estimate of drug-likeness (QED) is 0.651. The van der Waals surface area contributed by atoms with Crippen LogP contribution < -0.4 is 5.32 Å². The van der Waals surface area contributed by atoms with Crippen molar-refractivity contribution in [1.29, 1.82) is 5.26 Å². The molecule has 0 saturated carbocycles. The summed E-state index contributed by atoms with van der Waals surface area (Å²) >= 11 is 6.30. The van der Waals surface area contributed by atoms with Gasteiger partial charge in [0.05, 0.1) is 6.07 Å². The minimum atomic E-state index is -4.56. The Morgan fingerprint density at radius 2 is 2.15 bits per heavy atom. The van der Waals surface area contributed by atoms with E-state index in [4.69, 9.17) is 21.3 Å².